The lowest BCUT2D eigenvalue weighted by molar-refractivity contribution is -0.133. The zero-order chi connectivity index (χ0) is 34.8. The fraction of sp³-hybridized carbons (Fsp3) is 0.656. The summed E-state index contributed by atoms with van der Waals surface area (Å²) in [6.45, 7) is 12.3. The maximum absolute atomic E-state index is 13.4. The molecule has 5 amide bonds. The van der Waals surface area contributed by atoms with Crippen LogP contribution in [0.2, 0.25) is 0 Å². The molecule has 0 aliphatic rings. The van der Waals surface area contributed by atoms with E-state index in [-0.39, 0.29) is 43.4 Å². The Bertz CT molecular complexity index is 1110. The number of nitrogens with one attached hydrogen (secondary N) is 5. The van der Waals surface area contributed by atoms with Gasteiger partial charge in [-0.15, -0.1) is 0 Å². The van der Waals surface area contributed by atoms with E-state index in [0.29, 0.717) is 39.0 Å². The minimum absolute atomic E-state index is 0.0440. The standard InChI is InChI=1S/C32H55N7O7/c1-22(2)18-24(29(43)36-20-26(33)40)39-30(44)25(19-23-10-8-7-9-11-23)38-28(42)21-35-27(41)12-13-31(3,4)45-16-14-32(5,6)46-17-15-37-34/h7-11,22,24-25,37H,12-21,34H2,1-6H3,(H2,33,40)(H,35,41)(H,36,43)(H,38,42)(H,39,44). The van der Waals surface area contributed by atoms with E-state index < -0.39 is 41.3 Å². The molecule has 0 spiro atoms. The van der Waals surface area contributed by atoms with Crippen LogP contribution in [-0.4, -0.2) is 85.7 Å². The summed E-state index contributed by atoms with van der Waals surface area (Å²) in [6, 6.07) is 7.11. The summed E-state index contributed by atoms with van der Waals surface area (Å²) in [5.41, 5.74) is 7.51. The molecule has 0 radical (unpaired) electrons. The molecule has 1 aromatic rings. The summed E-state index contributed by atoms with van der Waals surface area (Å²) in [7, 11) is 0. The van der Waals surface area contributed by atoms with Crippen LogP contribution >= 0.6 is 0 Å². The average molecular weight is 650 g/mol. The fourth-order valence-electron chi connectivity index (χ4n) is 4.36. The molecule has 9 N–H and O–H groups in total. The van der Waals surface area contributed by atoms with Gasteiger partial charge in [-0.05, 0) is 58.4 Å². The predicted molar refractivity (Wildman–Crippen MR) is 175 cm³/mol. The number of primary amides is 1. The van der Waals surface area contributed by atoms with Crippen molar-refractivity contribution in [1.82, 2.24) is 26.7 Å². The molecule has 1 rings (SSSR count). The Morgan fingerprint density at radius 3 is 2.02 bits per heavy atom. The second-order valence-corrected chi connectivity index (χ2v) is 12.9. The normalized spacial score (nSPS) is 13.0. The molecule has 2 unspecified atom stereocenters. The molecule has 0 aliphatic heterocycles. The Morgan fingerprint density at radius 1 is 0.783 bits per heavy atom. The van der Waals surface area contributed by atoms with Crippen molar-refractivity contribution in [3.63, 3.8) is 0 Å². The minimum atomic E-state index is -1.03. The summed E-state index contributed by atoms with van der Waals surface area (Å²) in [5.74, 6) is 2.58. The number of rotatable bonds is 23. The SMILES string of the molecule is CC(C)CC(NC(=O)C(Cc1ccccc1)NC(=O)CNC(=O)CCC(C)(C)OCCC(C)(C)OCCNN)C(=O)NCC(N)=O. The van der Waals surface area contributed by atoms with Gasteiger partial charge in [0.2, 0.25) is 29.5 Å². The van der Waals surface area contributed by atoms with E-state index in [9.17, 15) is 24.0 Å². The van der Waals surface area contributed by atoms with Gasteiger partial charge in [0.1, 0.15) is 12.1 Å². The fourth-order valence-corrected chi connectivity index (χ4v) is 4.36. The van der Waals surface area contributed by atoms with Gasteiger partial charge in [-0.3, -0.25) is 35.2 Å². The predicted octanol–water partition coefficient (Wildman–Crippen LogP) is 0.187. The monoisotopic (exact) mass is 649 g/mol. The molecule has 0 heterocycles. The third-order valence-electron chi connectivity index (χ3n) is 7.05. The van der Waals surface area contributed by atoms with Gasteiger partial charge in [-0.1, -0.05) is 44.2 Å². The third-order valence-corrected chi connectivity index (χ3v) is 7.05. The first kappa shape index (κ1) is 40.4. The molecule has 0 bridgehead atoms. The maximum Gasteiger partial charge on any atom is 0.243 e. The van der Waals surface area contributed by atoms with Crippen molar-refractivity contribution in [2.24, 2.45) is 17.5 Å². The van der Waals surface area contributed by atoms with Crippen LogP contribution in [0, 0.1) is 5.92 Å². The summed E-state index contributed by atoms with van der Waals surface area (Å²) >= 11 is 0. The van der Waals surface area contributed by atoms with Crippen LogP contribution in [0.1, 0.15) is 72.8 Å². The molecule has 46 heavy (non-hydrogen) atoms. The van der Waals surface area contributed by atoms with Crippen LogP contribution in [0.5, 0.6) is 0 Å². The summed E-state index contributed by atoms with van der Waals surface area (Å²) in [6.07, 6.45) is 1.67. The van der Waals surface area contributed by atoms with Crippen LogP contribution in [0.3, 0.4) is 0 Å². The number of carbonyl (C=O) groups excluding carboxylic acids is 5. The van der Waals surface area contributed by atoms with Gasteiger partial charge in [0, 0.05) is 19.4 Å². The summed E-state index contributed by atoms with van der Waals surface area (Å²) in [5, 5.41) is 10.4. The average Bonchev–Trinajstić information content (AvgIpc) is 2.97. The van der Waals surface area contributed by atoms with Gasteiger partial charge in [0.05, 0.1) is 37.5 Å². The molecule has 0 saturated heterocycles. The van der Waals surface area contributed by atoms with E-state index in [4.69, 9.17) is 21.1 Å². The van der Waals surface area contributed by atoms with Gasteiger partial charge in [0.25, 0.3) is 0 Å². The van der Waals surface area contributed by atoms with Crippen LogP contribution < -0.4 is 38.3 Å². The number of benzene rings is 1. The Morgan fingerprint density at radius 2 is 1.41 bits per heavy atom. The number of hydrogen-bond acceptors (Lipinski definition) is 9. The van der Waals surface area contributed by atoms with Crippen molar-refractivity contribution in [3.05, 3.63) is 35.9 Å². The first-order chi connectivity index (χ1) is 21.5. The molecule has 0 saturated carbocycles. The number of carbonyl (C=O) groups is 5. The van der Waals surface area contributed by atoms with E-state index in [1.165, 1.54) is 0 Å². The topological polar surface area (TPSA) is 216 Å². The van der Waals surface area contributed by atoms with Crippen molar-refractivity contribution in [3.8, 4) is 0 Å². The molecular weight excluding hydrogens is 594 g/mol. The number of ether oxygens (including phenoxy) is 2. The number of amides is 5. The Balaban J connectivity index is 2.72. The molecule has 1 aromatic carbocycles. The highest BCUT2D eigenvalue weighted by molar-refractivity contribution is 5.94. The molecule has 14 nitrogen and oxygen atoms in total. The lowest BCUT2D eigenvalue weighted by Gasteiger charge is -2.29. The molecule has 260 valence electrons. The van der Waals surface area contributed by atoms with Gasteiger partial charge < -0.3 is 36.5 Å². The van der Waals surface area contributed by atoms with E-state index >= 15 is 0 Å². The van der Waals surface area contributed by atoms with E-state index in [2.05, 4.69) is 26.7 Å². The number of nitrogens with two attached hydrogens (primary N) is 2. The van der Waals surface area contributed by atoms with Crippen molar-refractivity contribution in [1.29, 1.82) is 0 Å². The Labute approximate surface area is 272 Å². The smallest absolute Gasteiger partial charge is 0.243 e. The van der Waals surface area contributed by atoms with Crippen molar-refractivity contribution in [2.75, 3.05) is 32.8 Å². The van der Waals surface area contributed by atoms with Gasteiger partial charge in [-0.25, -0.2) is 0 Å². The summed E-state index contributed by atoms with van der Waals surface area (Å²) in [4.78, 5) is 62.7. The lowest BCUT2D eigenvalue weighted by Crippen LogP contribution is -2.56. The van der Waals surface area contributed by atoms with Gasteiger partial charge in [-0.2, -0.15) is 0 Å². The van der Waals surface area contributed by atoms with E-state index in [1.807, 2.05) is 71.9 Å². The molecule has 14 heteroatoms. The highest BCUT2D eigenvalue weighted by Gasteiger charge is 2.28. The van der Waals surface area contributed by atoms with Crippen molar-refractivity contribution in [2.45, 2.75) is 96.9 Å². The Hall–Kier alpha value is -3.59. The Kier molecular flexibility index (Phi) is 18.0. The first-order valence-electron chi connectivity index (χ1n) is 15.7. The lowest BCUT2D eigenvalue weighted by atomic mass is 10.0. The number of hydrazine groups is 1. The zero-order valence-electron chi connectivity index (χ0n) is 28.2. The molecule has 2 atom stereocenters. The van der Waals surface area contributed by atoms with Crippen LogP contribution in [0.4, 0.5) is 0 Å². The maximum atomic E-state index is 13.4. The van der Waals surface area contributed by atoms with Crippen molar-refractivity contribution >= 4 is 29.5 Å². The first-order valence-corrected chi connectivity index (χ1v) is 15.7. The second kappa shape index (κ2) is 20.5. The van der Waals surface area contributed by atoms with Gasteiger partial charge >= 0.3 is 0 Å². The largest absolute Gasteiger partial charge is 0.375 e. The molecule has 0 aromatic heterocycles. The highest BCUT2D eigenvalue weighted by atomic mass is 16.5. The van der Waals surface area contributed by atoms with Gasteiger partial charge in [0.15, 0.2) is 0 Å². The quantitative estimate of drug-likeness (QED) is 0.0488. The highest BCUT2D eigenvalue weighted by Crippen LogP contribution is 2.20. The van der Waals surface area contributed by atoms with Crippen LogP contribution in [0.25, 0.3) is 0 Å². The molecule has 0 aliphatic carbocycles. The van der Waals surface area contributed by atoms with E-state index in [0.717, 1.165) is 5.56 Å². The van der Waals surface area contributed by atoms with E-state index in [1.54, 1.807) is 0 Å². The molecule has 0 fully saturated rings. The number of hydrogen-bond donors (Lipinski definition) is 7. The zero-order valence-corrected chi connectivity index (χ0v) is 28.2. The minimum Gasteiger partial charge on any atom is -0.375 e. The van der Waals surface area contributed by atoms with Crippen molar-refractivity contribution < 1.29 is 33.4 Å². The van der Waals surface area contributed by atoms with Crippen LogP contribution in [-0.2, 0) is 39.9 Å². The summed E-state index contributed by atoms with van der Waals surface area (Å²) < 4.78 is 11.8. The second-order valence-electron chi connectivity index (χ2n) is 12.9. The molecular formula is C32H55N7O7. The van der Waals surface area contributed by atoms with Crippen LogP contribution in [0.15, 0.2) is 30.3 Å². The third kappa shape index (κ3) is 18.4.